The molecule has 0 bridgehead atoms. The largest absolute Gasteiger partial charge is 0.358 e. The Balaban J connectivity index is 1.30. The highest BCUT2D eigenvalue weighted by Crippen LogP contribution is 2.44. The number of aromatic nitrogens is 1. The number of benzene rings is 1. The molecule has 2 aliphatic heterocycles. The number of anilines is 1. The van der Waals surface area contributed by atoms with E-state index in [9.17, 15) is 14.0 Å². The molecule has 0 atom stereocenters. The predicted molar refractivity (Wildman–Crippen MR) is 127 cm³/mol. The summed E-state index contributed by atoms with van der Waals surface area (Å²) in [5.41, 5.74) is 5.82. The summed E-state index contributed by atoms with van der Waals surface area (Å²) in [5.74, 6) is -0.668. The number of hydrogen-bond acceptors (Lipinski definition) is 4. The summed E-state index contributed by atoms with van der Waals surface area (Å²) in [6, 6.07) is 4.34. The third kappa shape index (κ3) is 4.09. The maximum absolute atomic E-state index is 13.9. The number of amides is 2. The Morgan fingerprint density at radius 2 is 1.97 bits per heavy atom. The highest BCUT2D eigenvalue weighted by atomic mass is 19.1. The molecule has 2 amide bonds. The smallest absolute Gasteiger partial charge is 0.256 e. The number of H-pyrrole nitrogens is 1. The van der Waals surface area contributed by atoms with Crippen molar-refractivity contribution in [2.75, 3.05) is 51.6 Å². The van der Waals surface area contributed by atoms with Gasteiger partial charge in [-0.25, -0.2) is 4.39 Å². The van der Waals surface area contributed by atoms with Crippen LogP contribution in [0.2, 0.25) is 0 Å². The number of hydrogen-bond donors (Lipinski definition) is 3. The van der Waals surface area contributed by atoms with E-state index in [1.165, 1.54) is 12.1 Å². The average molecular weight is 452 g/mol. The van der Waals surface area contributed by atoms with Gasteiger partial charge in [0.25, 0.3) is 11.8 Å². The third-order valence-corrected chi connectivity index (χ3v) is 7.01. The van der Waals surface area contributed by atoms with Crippen LogP contribution in [0.5, 0.6) is 0 Å². The summed E-state index contributed by atoms with van der Waals surface area (Å²) in [4.78, 5) is 33.8. The molecule has 5 rings (SSSR count). The quantitative estimate of drug-likeness (QED) is 0.482. The fourth-order valence-electron chi connectivity index (χ4n) is 5.22. The number of piperazine rings is 1. The number of carbonyl (C=O) groups is 2. The van der Waals surface area contributed by atoms with Gasteiger partial charge in [0.2, 0.25) is 0 Å². The number of aryl methyl sites for hydroxylation is 1. The predicted octanol–water partition coefficient (Wildman–Crippen LogP) is 2.64. The number of nitrogens with zero attached hydrogens (tertiary/aromatic N) is 2. The van der Waals surface area contributed by atoms with Gasteiger partial charge < -0.3 is 25.4 Å². The molecule has 0 unspecified atom stereocenters. The highest BCUT2D eigenvalue weighted by molar-refractivity contribution is 6.37. The topological polar surface area (TPSA) is 80.5 Å². The first-order valence-corrected chi connectivity index (χ1v) is 11.7. The number of fused-ring (bicyclic) bond motifs is 2. The standard InChI is InChI=1S/C25H30FN5O2/c1-15-21(24(32)27-8-3-9-31-12-10-30(2)11-13-31)17-5-6-18(23(17)28-15)22-19-14-16(26)4-7-20(19)29-25(22)33/h4,7,14,28H,3,5-6,8-13H2,1-2H3,(H,27,32)(H,29,33)/b22-18-. The molecule has 33 heavy (non-hydrogen) atoms. The van der Waals surface area contributed by atoms with Crippen molar-refractivity contribution in [3.8, 4) is 0 Å². The Labute approximate surface area is 193 Å². The molecule has 1 aliphatic carbocycles. The van der Waals surface area contributed by atoms with Crippen LogP contribution in [0.25, 0.3) is 11.1 Å². The second-order valence-corrected chi connectivity index (χ2v) is 9.23. The Bertz CT molecular complexity index is 1140. The lowest BCUT2D eigenvalue weighted by Gasteiger charge is -2.32. The molecule has 3 N–H and O–H groups in total. The van der Waals surface area contributed by atoms with E-state index in [1.807, 2.05) is 6.92 Å². The molecule has 3 aliphatic rings. The van der Waals surface area contributed by atoms with Crippen LogP contribution >= 0.6 is 0 Å². The first-order chi connectivity index (χ1) is 15.9. The van der Waals surface area contributed by atoms with Gasteiger partial charge in [-0.2, -0.15) is 0 Å². The van der Waals surface area contributed by atoms with Crippen LogP contribution in [0.15, 0.2) is 18.2 Å². The summed E-state index contributed by atoms with van der Waals surface area (Å²) < 4.78 is 13.9. The molecular formula is C25H30FN5O2. The van der Waals surface area contributed by atoms with Crippen molar-refractivity contribution in [1.82, 2.24) is 20.1 Å². The van der Waals surface area contributed by atoms with Crippen molar-refractivity contribution >= 4 is 28.6 Å². The fourth-order valence-corrected chi connectivity index (χ4v) is 5.22. The second kappa shape index (κ2) is 8.76. The third-order valence-electron chi connectivity index (χ3n) is 7.01. The van der Waals surface area contributed by atoms with E-state index in [2.05, 4.69) is 32.5 Å². The molecule has 1 aromatic heterocycles. The van der Waals surface area contributed by atoms with Crippen LogP contribution < -0.4 is 10.6 Å². The molecule has 2 aromatic rings. The fraction of sp³-hybridized carbons (Fsp3) is 0.440. The van der Waals surface area contributed by atoms with Crippen molar-refractivity contribution in [3.05, 3.63) is 52.1 Å². The van der Waals surface area contributed by atoms with Gasteiger partial charge in [0, 0.05) is 55.4 Å². The molecule has 3 heterocycles. The zero-order chi connectivity index (χ0) is 23.1. The molecule has 1 fully saturated rings. The zero-order valence-corrected chi connectivity index (χ0v) is 19.2. The number of likely N-dealkylation sites (N-methyl/N-ethyl adjacent to an activating group) is 1. The van der Waals surface area contributed by atoms with Gasteiger partial charge >= 0.3 is 0 Å². The number of carbonyl (C=O) groups excluding carboxylic acids is 2. The zero-order valence-electron chi connectivity index (χ0n) is 19.2. The SMILES string of the molecule is Cc1[nH]c2c(c1C(=O)NCCCN1CCN(C)CC1)CC/C2=C1/C(=O)Nc2ccc(F)cc21. The summed E-state index contributed by atoms with van der Waals surface area (Å²) in [6.45, 7) is 7.84. The number of aromatic amines is 1. The van der Waals surface area contributed by atoms with Gasteiger partial charge in [-0.15, -0.1) is 0 Å². The summed E-state index contributed by atoms with van der Waals surface area (Å²) in [5, 5.41) is 5.91. The maximum atomic E-state index is 13.9. The summed E-state index contributed by atoms with van der Waals surface area (Å²) >= 11 is 0. The van der Waals surface area contributed by atoms with Crippen LogP contribution in [-0.2, 0) is 11.2 Å². The molecule has 174 valence electrons. The first kappa shape index (κ1) is 21.9. The van der Waals surface area contributed by atoms with Crippen molar-refractivity contribution in [3.63, 3.8) is 0 Å². The van der Waals surface area contributed by atoms with Gasteiger partial charge in [-0.05, 0) is 69.1 Å². The van der Waals surface area contributed by atoms with Crippen molar-refractivity contribution in [2.24, 2.45) is 0 Å². The number of allylic oxidation sites excluding steroid dienone is 1. The van der Waals surface area contributed by atoms with E-state index < -0.39 is 0 Å². The molecule has 8 heteroatoms. The molecular weight excluding hydrogens is 421 g/mol. The first-order valence-electron chi connectivity index (χ1n) is 11.7. The van der Waals surface area contributed by atoms with E-state index in [1.54, 1.807) is 6.07 Å². The van der Waals surface area contributed by atoms with Gasteiger partial charge in [0.05, 0.1) is 11.1 Å². The van der Waals surface area contributed by atoms with Crippen LogP contribution in [0.3, 0.4) is 0 Å². The molecule has 1 aromatic carbocycles. The average Bonchev–Trinajstić information content (AvgIpc) is 3.42. The van der Waals surface area contributed by atoms with E-state index in [0.29, 0.717) is 41.8 Å². The Morgan fingerprint density at radius 3 is 2.76 bits per heavy atom. The maximum Gasteiger partial charge on any atom is 0.256 e. The Hall–Kier alpha value is -2.97. The van der Waals surface area contributed by atoms with Crippen LogP contribution in [0, 0.1) is 12.7 Å². The number of halogens is 1. The van der Waals surface area contributed by atoms with E-state index in [4.69, 9.17) is 0 Å². The van der Waals surface area contributed by atoms with E-state index >= 15 is 0 Å². The molecule has 0 saturated carbocycles. The Kier molecular flexibility index (Phi) is 5.80. The molecule has 7 nitrogen and oxygen atoms in total. The lowest BCUT2D eigenvalue weighted by Crippen LogP contribution is -2.45. The normalized spacial score (nSPS) is 20.6. The van der Waals surface area contributed by atoms with Gasteiger partial charge in [-0.3, -0.25) is 9.59 Å². The van der Waals surface area contributed by atoms with Gasteiger partial charge in [0.1, 0.15) is 5.82 Å². The van der Waals surface area contributed by atoms with Crippen LogP contribution in [0.1, 0.15) is 45.7 Å². The van der Waals surface area contributed by atoms with E-state index in [0.717, 1.165) is 61.7 Å². The van der Waals surface area contributed by atoms with Crippen molar-refractivity contribution in [2.45, 2.75) is 26.2 Å². The monoisotopic (exact) mass is 451 g/mol. The minimum absolute atomic E-state index is 0.0723. The van der Waals surface area contributed by atoms with Gasteiger partial charge in [-0.1, -0.05) is 0 Å². The van der Waals surface area contributed by atoms with E-state index in [-0.39, 0.29) is 17.6 Å². The lowest BCUT2D eigenvalue weighted by molar-refractivity contribution is -0.110. The Morgan fingerprint density at radius 1 is 1.18 bits per heavy atom. The minimum Gasteiger partial charge on any atom is -0.358 e. The van der Waals surface area contributed by atoms with Crippen molar-refractivity contribution < 1.29 is 14.0 Å². The van der Waals surface area contributed by atoms with Gasteiger partial charge in [0.15, 0.2) is 0 Å². The minimum atomic E-state index is -0.374. The van der Waals surface area contributed by atoms with Crippen LogP contribution in [-0.4, -0.2) is 72.9 Å². The number of rotatable bonds is 5. The summed E-state index contributed by atoms with van der Waals surface area (Å²) in [6.07, 6.45) is 2.24. The second-order valence-electron chi connectivity index (χ2n) is 9.23. The van der Waals surface area contributed by atoms with Crippen molar-refractivity contribution in [1.29, 1.82) is 0 Å². The molecule has 1 saturated heterocycles. The number of nitrogens with one attached hydrogen (secondary N) is 3. The van der Waals surface area contributed by atoms with Crippen LogP contribution in [0.4, 0.5) is 10.1 Å². The molecule has 0 spiro atoms. The lowest BCUT2D eigenvalue weighted by atomic mass is 9.99. The summed E-state index contributed by atoms with van der Waals surface area (Å²) in [7, 11) is 2.15. The highest BCUT2D eigenvalue weighted by Gasteiger charge is 2.34. The molecule has 0 radical (unpaired) electrons.